The van der Waals surface area contributed by atoms with Crippen LogP contribution in [0.25, 0.3) is 0 Å². The number of nitro groups is 1. The van der Waals surface area contributed by atoms with Crippen molar-refractivity contribution in [2.45, 2.75) is 153 Å². The number of aliphatic carboxylic acids is 1. The van der Waals surface area contributed by atoms with Crippen LogP contribution >= 0.6 is 43.2 Å². The minimum Gasteiger partial charge on any atom is -0.512 e. The van der Waals surface area contributed by atoms with E-state index >= 15 is 0 Å². The number of nitrogens with zero attached hydrogens (tertiary/aromatic N) is 1. The van der Waals surface area contributed by atoms with Crippen LogP contribution in [0.5, 0.6) is 0 Å². The number of amides is 4. The van der Waals surface area contributed by atoms with Crippen molar-refractivity contribution in [3.8, 4) is 0 Å². The Morgan fingerprint density at radius 2 is 1.32 bits per heavy atom. The Hall–Kier alpha value is -2.31. The Morgan fingerprint density at radius 3 is 1.77 bits per heavy atom. The van der Waals surface area contributed by atoms with Gasteiger partial charge in [-0.3, -0.25) is 34.1 Å². The van der Waals surface area contributed by atoms with Gasteiger partial charge in [0.1, 0.15) is 0 Å². The van der Waals surface area contributed by atoms with Gasteiger partial charge in [-0.1, -0.05) is 70.4 Å². The molecule has 0 aromatic rings. The van der Waals surface area contributed by atoms with E-state index in [4.69, 9.17) is 10.8 Å². The first kappa shape index (κ1) is 52.8. The molecule has 1 rings (SSSR count). The van der Waals surface area contributed by atoms with Crippen LogP contribution in [-0.4, -0.2) is 85.0 Å². The van der Waals surface area contributed by atoms with Gasteiger partial charge in [0.15, 0.2) is 0 Å². The lowest BCUT2D eigenvalue weighted by Gasteiger charge is -2.25. The van der Waals surface area contributed by atoms with E-state index in [1.54, 1.807) is 32.4 Å². The zero-order valence-electron chi connectivity index (χ0n) is 32.7. The number of allylic oxidation sites excluding steroid dienone is 2. The summed E-state index contributed by atoms with van der Waals surface area (Å²) in [6.07, 6.45) is 7.21. The lowest BCUT2D eigenvalue weighted by atomic mass is 9.84. The average molecular weight is 828 g/mol. The molecule has 0 spiro atoms. The Morgan fingerprint density at radius 1 is 0.811 bits per heavy atom. The molecular weight excluding hydrogens is 763 g/mol. The summed E-state index contributed by atoms with van der Waals surface area (Å²) in [6.45, 7) is 14.8. The molecular formula is C35H65N5O9S4. The number of aliphatic hydroxyl groups is 1. The van der Waals surface area contributed by atoms with Crippen molar-refractivity contribution in [2.24, 2.45) is 5.73 Å². The lowest BCUT2D eigenvalue weighted by molar-refractivity contribution is -0.573. The van der Waals surface area contributed by atoms with E-state index in [1.807, 2.05) is 20.8 Å². The highest BCUT2D eigenvalue weighted by Gasteiger charge is 2.42. The van der Waals surface area contributed by atoms with Crippen molar-refractivity contribution >= 4 is 73.3 Å². The number of nitrogens with one attached hydrogen (secondary N) is 3. The third kappa shape index (κ3) is 30.7. The summed E-state index contributed by atoms with van der Waals surface area (Å²) in [5.41, 5.74) is 4.89. The van der Waals surface area contributed by atoms with Crippen molar-refractivity contribution < 1.29 is 39.1 Å². The van der Waals surface area contributed by atoms with E-state index in [-0.39, 0.29) is 71.8 Å². The normalized spacial score (nSPS) is 13.2. The van der Waals surface area contributed by atoms with Crippen molar-refractivity contribution in [3.05, 3.63) is 21.4 Å². The van der Waals surface area contributed by atoms with E-state index in [1.165, 1.54) is 22.8 Å². The zero-order chi connectivity index (χ0) is 40.9. The minimum atomic E-state index is -1.37. The first-order valence-corrected chi connectivity index (χ1v) is 22.8. The van der Waals surface area contributed by atoms with Gasteiger partial charge in [0.25, 0.3) is 0 Å². The first-order chi connectivity index (χ1) is 24.8. The molecule has 0 saturated heterocycles. The highest BCUT2D eigenvalue weighted by Crippen LogP contribution is 2.41. The molecule has 18 heteroatoms. The third-order valence-electron chi connectivity index (χ3n) is 7.55. The summed E-state index contributed by atoms with van der Waals surface area (Å²) in [5.74, 6) is -0.208. The summed E-state index contributed by atoms with van der Waals surface area (Å²) in [4.78, 5) is 67.2. The quantitative estimate of drug-likeness (QED) is 0.00877. The van der Waals surface area contributed by atoms with Crippen LogP contribution < -0.4 is 21.7 Å². The molecule has 308 valence electrons. The van der Waals surface area contributed by atoms with E-state index in [2.05, 4.69) is 43.6 Å². The monoisotopic (exact) mass is 827 g/mol. The van der Waals surface area contributed by atoms with E-state index in [0.717, 1.165) is 25.7 Å². The molecule has 14 nitrogen and oxygen atoms in total. The van der Waals surface area contributed by atoms with Gasteiger partial charge in [0.05, 0.1) is 11.6 Å². The van der Waals surface area contributed by atoms with Crippen LogP contribution in [0.3, 0.4) is 0 Å². The molecule has 53 heavy (non-hydrogen) atoms. The molecule has 1 atom stereocenters. The summed E-state index contributed by atoms with van der Waals surface area (Å²) in [7, 11) is 6.49. The second kappa shape index (κ2) is 30.0. The van der Waals surface area contributed by atoms with Crippen molar-refractivity contribution in [3.63, 3.8) is 0 Å². The number of carboxylic acids is 1. The standard InChI is InChI=1S/C21H38N4O7S2.C11H19NO2S2.C3H8/c1-4-9-21(25(31)32,11-5-17(27)23-13-8-16(22)26)12-6-18(28)24-14-15-33-34-20(2,3)10-7-19(29)30;1-11(2,16-15-8-12-7-13)6-5-10(14)9-3-4-9;1-3-2/h4-15H2,1-3H3,(H2,22,26)(H,23,27)(H,24,28)(H,29,30);7,14H,3-6,8H2,1-2H3,(H,12,13);3H2,1-2H3. The molecule has 1 unspecified atom stereocenters. The molecule has 0 aromatic heterocycles. The van der Waals surface area contributed by atoms with Gasteiger partial charge in [-0.05, 0) is 65.4 Å². The number of nitrogens with two attached hydrogens (primary N) is 1. The van der Waals surface area contributed by atoms with Crippen LogP contribution in [-0.2, 0) is 24.0 Å². The number of carboxylic acid groups (broad SMARTS) is 1. The maximum absolute atomic E-state index is 12.3. The smallest absolute Gasteiger partial charge is 0.303 e. The molecule has 4 amide bonds. The SMILES string of the molecule is CC(C)(CCC(O)=C1CC1)SSCNC=O.CCC.CCCC(CCC(=O)NCCSSC(C)(C)CCC(=O)O)(CCC(=O)NCCC(N)=O)[N+](=O)[O-]. The van der Waals surface area contributed by atoms with Gasteiger partial charge >= 0.3 is 5.97 Å². The van der Waals surface area contributed by atoms with E-state index < -0.39 is 23.3 Å². The number of hydrogen-bond acceptors (Lipinski definition) is 12. The number of hydrogen-bond donors (Lipinski definition) is 6. The predicted molar refractivity (Wildman–Crippen MR) is 221 cm³/mol. The fourth-order valence-corrected chi connectivity index (χ4v) is 9.21. The number of aliphatic hydroxyl groups excluding tert-OH is 1. The number of primary amides is 1. The van der Waals surface area contributed by atoms with Gasteiger partial charge in [-0.2, -0.15) is 0 Å². The molecule has 0 aromatic carbocycles. The second-order valence-corrected chi connectivity index (χ2v) is 20.0. The van der Waals surface area contributed by atoms with Crippen LogP contribution in [0.4, 0.5) is 0 Å². The highest BCUT2D eigenvalue weighted by molar-refractivity contribution is 8.77. The van der Waals surface area contributed by atoms with Gasteiger partial charge < -0.3 is 31.9 Å². The first-order valence-electron chi connectivity index (χ1n) is 18.2. The van der Waals surface area contributed by atoms with Gasteiger partial charge in [-0.15, -0.1) is 0 Å². The molecule has 1 aliphatic rings. The maximum atomic E-state index is 12.3. The van der Waals surface area contributed by atoms with Crippen molar-refractivity contribution in [2.75, 3.05) is 24.7 Å². The molecule has 0 radical (unpaired) electrons. The molecule has 1 fully saturated rings. The third-order valence-corrected chi connectivity index (χ3v) is 14.0. The van der Waals surface area contributed by atoms with Crippen molar-refractivity contribution in [1.29, 1.82) is 0 Å². The van der Waals surface area contributed by atoms with E-state index in [9.17, 15) is 39.2 Å². The van der Waals surface area contributed by atoms with Gasteiger partial charge in [-0.25, -0.2) is 0 Å². The predicted octanol–water partition coefficient (Wildman–Crippen LogP) is 7.15. The lowest BCUT2D eigenvalue weighted by Crippen LogP contribution is -2.41. The summed E-state index contributed by atoms with van der Waals surface area (Å²) in [6, 6.07) is 0. The van der Waals surface area contributed by atoms with Crippen LogP contribution in [0.15, 0.2) is 11.3 Å². The second-order valence-electron chi connectivity index (χ2n) is 13.9. The largest absolute Gasteiger partial charge is 0.512 e. The Bertz CT molecular complexity index is 1150. The Kier molecular flexibility index (Phi) is 29.9. The zero-order valence-corrected chi connectivity index (χ0v) is 36.0. The average Bonchev–Trinajstić information content (AvgIpc) is 3.92. The van der Waals surface area contributed by atoms with Crippen molar-refractivity contribution in [1.82, 2.24) is 16.0 Å². The molecule has 0 aliphatic heterocycles. The van der Waals surface area contributed by atoms with Crippen LogP contribution in [0.2, 0.25) is 0 Å². The molecule has 0 bridgehead atoms. The van der Waals surface area contributed by atoms with Gasteiger partial charge in [0, 0.05) is 84.6 Å². The number of carbonyl (C=O) groups excluding carboxylic acids is 4. The summed E-state index contributed by atoms with van der Waals surface area (Å²) >= 11 is 0. The van der Waals surface area contributed by atoms with Gasteiger partial charge in [0.2, 0.25) is 29.7 Å². The Labute approximate surface area is 332 Å². The number of carbonyl (C=O) groups is 5. The van der Waals surface area contributed by atoms with E-state index in [0.29, 0.717) is 43.2 Å². The molecule has 1 aliphatic carbocycles. The Balaban J connectivity index is 0. The maximum Gasteiger partial charge on any atom is 0.303 e. The number of rotatable bonds is 28. The molecule has 7 N–H and O–H groups in total. The van der Waals surface area contributed by atoms with Crippen LogP contribution in [0, 0.1) is 10.1 Å². The summed E-state index contributed by atoms with van der Waals surface area (Å²) < 4.78 is -0.0800. The minimum absolute atomic E-state index is 0.00143. The topological polar surface area (TPSA) is 231 Å². The molecule has 0 heterocycles. The fraction of sp³-hybridized carbons (Fsp3) is 0.800. The molecule has 1 saturated carbocycles. The summed E-state index contributed by atoms with van der Waals surface area (Å²) in [5, 5.41) is 38.2. The fourth-order valence-electron chi connectivity index (χ4n) is 4.44. The van der Waals surface area contributed by atoms with Crippen LogP contribution in [0.1, 0.15) is 138 Å². The highest BCUT2D eigenvalue weighted by atomic mass is 33.1.